The third-order valence-electron chi connectivity index (χ3n) is 6.89. The van der Waals surface area contributed by atoms with Gasteiger partial charge in [0.15, 0.2) is 0 Å². The van der Waals surface area contributed by atoms with Crippen molar-refractivity contribution >= 4 is 18.5 Å². The van der Waals surface area contributed by atoms with E-state index in [1.54, 1.807) is 0 Å². The first-order valence-corrected chi connectivity index (χ1v) is 13.9. The Bertz CT molecular complexity index is 1220. The highest BCUT2D eigenvalue weighted by Gasteiger charge is 2.36. The van der Waals surface area contributed by atoms with Gasteiger partial charge in [-0.3, -0.25) is 0 Å². The van der Waals surface area contributed by atoms with E-state index in [0.29, 0.717) is 0 Å². The van der Waals surface area contributed by atoms with Gasteiger partial charge in [0.1, 0.15) is 11.5 Å². The second-order valence-corrected chi connectivity index (χ2v) is 13.8. The van der Waals surface area contributed by atoms with Gasteiger partial charge < -0.3 is 4.74 Å². The normalized spacial score (nSPS) is 13.8. The van der Waals surface area contributed by atoms with Gasteiger partial charge in [-0.1, -0.05) is 126 Å². The van der Waals surface area contributed by atoms with Gasteiger partial charge in [-0.2, -0.15) is 0 Å². The van der Waals surface area contributed by atoms with Gasteiger partial charge in [0.05, 0.1) is 0 Å². The zero-order valence-electron chi connectivity index (χ0n) is 21.7. The maximum absolute atomic E-state index is 6.58. The molecule has 1 heterocycles. The molecule has 0 saturated carbocycles. The van der Waals surface area contributed by atoms with Crippen molar-refractivity contribution in [2.24, 2.45) is 0 Å². The Kier molecular flexibility index (Phi) is 6.10. The lowest BCUT2D eigenvalue weighted by Gasteiger charge is -2.37. The van der Waals surface area contributed by atoms with Crippen molar-refractivity contribution in [2.45, 2.75) is 58.0 Å². The number of ether oxygens (including phenoxy) is 1. The Morgan fingerprint density at radius 3 is 1.31 bits per heavy atom. The Labute approximate surface area is 211 Å². The lowest BCUT2D eigenvalue weighted by Crippen LogP contribution is -2.22. The molecule has 0 N–H and O–H groups in total. The van der Waals surface area contributed by atoms with Crippen molar-refractivity contribution in [3.63, 3.8) is 0 Å². The third kappa shape index (κ3) is 4.67. The van der Waals surface area contributed by atoms with E-state index in [1.807, 2.05) is 0 Å². The average Bonchev–Trinajstić information content (AvgIpc) is 2.83. The summed E-state index contributed by atoms with van der Waals surface area (Å²) in [5, 5.41) is 2.78. The van der Waals surface area contributed by atoms with Crippen LogP contribution in [0.15, 0.2) is 97.1 Å². The van der Waals surface area contributed by atoms with E-state index in [9.17, 15) is 0 Å². The minimum Gasteiger partial charge on any atom is -0.457 e. The van der Waals surface area contributed by atoms with Gasteiger partial charge in [0.2, 0.25) is 0 Å². The van der Waals surface area contributed by atoms with Crippen molar-refractivity contribution in [3.8, 4) is 11.5 Å². The molecule has 1 aliphatic rings. The molecule has 0 amide bonds. The van der Waals surface area contributed by atoms with Gasteiger partial charge in [-0.05, 0) is 52.6 Å². The molecule has 5 rings (SSSR count). The molecule has 1 aliphatic heterocycles. The Morgan fingerprint density at radius 2 is 0.943 bits per heavy atom. The van der Waals surface area contributed by atoms with Gasteiger partial charge >= 0.3 is 0 Å². The average molecular weight is 479 g/mol. The molecule has 0 spiro atoms. The van der Waals surface area contributed by atoms with Crippen LogP contribution in [-0.2, 0) is 10.8 Å². The fraction of sp³-hybridized carbons (Fsp3) is 0.273. The predicted octanol–water partition coefficient (Wildman–Crippen LogP) is 8.61. The van der Waals surface area contributed by atoms with Crippen LogP contribution in [0.3, 0.4) is 0 Å². The van der Waals surface area contributed by atoms with E-state index in [2.05, 4.69) is 139 Å². The summed E-state index contributed by atoms with van der Waals surface area (Å²) in [7, 11) is -0.719. The van der Waals surface area contributed by atoms with E-state index in [1.165, 1.54) is 32.9 Å². The first-order chi connectivity index (χ1) is 16.6. The molecule has 0 saturated heterocycles. The van der Waals surface area contributed by atoms with Crippen LogP contribution in [0.2, 0.25) is 0 Å². The molecule has 0 aromatic heterocycles. The van der Waals surface area contributed by atoms with Crippen LogP contribution in [0.5, 0.6) is 11.5 Å². The highest BCUT2D eigenvalue weighted by atomic mass is 31.1. The molecule has 0 bridgehead atoms. The molecule has 0 atom stereocenters. The Balaban J connectivity index is 1.81. The van der Waals surface area contributed by atoms with E-state index in [0.717, 1.165) is 11.5 Å². The van der Waals surface area contributed by atoms with Crippen molar-refractivity contribution in [3.05, 3.63) is 119 Å². The largest absolute Gasteiger partial charge is 0.457 e. The minimum atomic E-state index is -0.719. The van der Waals surface area contributed by atoms with Crippen molar-refractivity contribution in [1.82, 2.24) is 0 Å². The van der Waals surface area contributed by atoms with Crippen LogP contribution in [0, 0.1) is 0 Å². The maximum Gasteiger partial charge on any atom is 0.131 e. The third-order valence-corrected chi connectivity index (χ3v) is 9.67. The summed E-state index contributed by atoms with van der Waals surface area (Å²) in [5.41, 5.74) is 5.63. The molecule has 1 nitrogen and oxygen atoms in total. The smallest absolute Gasteiger partial charge is 0.131 e. The maximum atomic E-state index is 6.58. The summed E-state index contributed by atoms with van der Waals surface area (Å²) in [5.74, 6) is 1.97. The van der Waals surface area contributed by atoms with Crippen LogP contribution in [-0.4, -0.2) is 0 Å². The van der Waals surface area contributed by atoms with Gasteiger partial charge in [0.25, 0.3) is 0 Å². The standard InChI is InChI=1S/C33H35OP/c1-32(2,3)23-17-19-29-27(21-23)31(28-22-24(33(4,5)6)18-20-30(28)34-29)35(25-13-9-7-10-14-25)26-15-11-8-12-16-26/h7-22,31H,1-6H3. The number of hydrogen-bond donors (Lipinski definition) is 0. The van der Waals surface area contributed by atoms with Crippen LogP contribution < -0.4 is 15.3 Å². The topological polar surface area (TPSA) is 9.23 Å². The van der Waals surface area contributed by atoms with E-state index < -0.39 is 7.92 Å². The lowest BCUT2D eigenvalue weighted by molar-refractivity contribution is 0.455. The van der Waals surface area contributed by atoms with Crippen molar-refractivity contribution in [1.29, 1.82) is 0 Å². The van der Waals surface area contributed by atoms with E-state index >= 15 is 0 Å². The number of benzene rings is 4. The molecule has 0 unspecified atom stereocenters. The summed E-state index contributed by atoms with van der Waals surface area (Å²) in [6.45, 7) is 13.7. The SMILES string of the molecule is CC(C)(C)c1ccc2c(c1)C(P(c1ccccc1)c1ccccc1)c1cc(C(C)(C)C)ccc1O2. The number of fused-ring (bicyclic) bond motifs is 2. The molecule has 0 fully saturated rings. The molecule has 4 aromatic carbocycles. The molecule has 4 aromatic rings. The second-order valence-electron chi connectivity index (χ2n) is 11.6. The molecular formula is C33H35OP. The zero-order valence-corrected chi connectivity index (χ0v) is 22.6. The lowest BCUT2D eigenvalue weighted by atomic mass is 9.83. The van der Waals surface area contributed by atoms with Gasteiger partial charge in [-0.25, -0.2) is 0 Å². The zero-order chi connectivity index (χ0) is 24.8. The molecule has 2 heteroatoms. The van der Waals surface area contributed by atoms with Crippen LogP contribution in [0.4, 0.5) is 0 Å². The fourth-order valence-electron chi connectivity index (χ4n) is 4.83. The number of hydrogen-bond acceptors (Lipinski definition) is 1. The monoisotopic (exact) mass is 478 g/mol. The number of rotatable bonds is 3. The summed E-state index contributed by atoms with van der Waals surface area (Å²) in [6, 6.07) is 35.8. The molecule has 178 valence electrons. The predicted molar refractivity (Wildman–Crippen MR) is 151 cm³/mol. The molecule has 0 aliphatic carbocycles. The summed E-state index contributed by atoms with van der Waals surface area (Å²) in [6.07, 6.45) is 0. The summed E-state index contributed by atoms with van der Waals surface area (Å²) < 4.78 is 6.58. The second kappa shape index (κ2) is 8.96. The van der Waals surface area contributed by atoms with Crippen molar-refractivity contribution < 1.29 is 4.74 Å². The molecule has 0 radical (unpaired) electrons. The minimum absolute atomic E-state index is 0.0648. The van der Waals surface area contributed by atoms with Crippen molar-refractivity contribution in [2.75, 3.05) is 0 Å². The van der Waals surface area contributed by atoms with Gasteiger partial charge in [0, 0.05) is 16.8 Å². The van der Waals surface area contributed by atoms with E-state index in [-0.39, 0.29) is 16.5 Å². The summed E-state index contributed by atoms with van der Waals surface area (Å²) in [4.78, 5) is 0. The fourth-order valence-corrected chi connectivity index (χ4v) is 7.67. The first kappa shape index (κ1) is 23.8. The van der Waals surface area contributed by atoms with E-state index in [4.69, 9.17) is 4.74 Å². The Hall–Kier alpha value is -2.89. The Morgan fingerprint density at radius 1 is 0.543 bits per heavy atom. The molecule has 35 heavy (non-hydrogen) atoms. The highest BCUT2D eigenvalue weighted by Crippen LogP contribution is 2.60. The van der Waals surface area contributed by atoms with Gasteiger partial charge in [-0.15, -0.1) is 0 Å². The van der Waals surface area contributed by atoms with Crippen LogP contribution in [0.25, 0.3) is 0 Å². The van der Waals surface area contributed by atoms with Crippen LogP contribution in [0.1, 0.15) is 69.5 Å². The molecular weight excluding hydrogens is 443 g/mol. The highest BCUT2D eigenvalue weighted by molar-refractivity contribution is 7.73. The van der Waals surface area contributed by atoms with Crippen LogP contribution >= 0.6 is 7.92 Å². The summed E-state index contributed by atoms with van der Waals surface area (Å²) >= 11 is 0. The first-order valence-electron chi connectivity index (χ1n) is 12.5. The quantitative estimate of drug-likeness (QED) is 0.268.